The zero-order chi connectivity index (χ0) is 10.2. The summed E-state index contributed by atoms with van der Waals surface area (Å²) < 4.78 is 0. The van der Waals surface area contributed by atoms with Gasteiger partial charge in [-0.25, -0.2) is 0 Å². The van der Waals surface area contributed by atoms with E-state index in [1.165, 1.54) is 32.4 Å². The first-order valence-corrected chi connectivity index (χ1v) is 5.76. The fourth-order valence-electron chi connectivity index (χ4n) is 2.04. The number of rotatable bonds is 4. The number of hydrogen-bond acceptors (Lipinski definition) is 2. The molecule has 1 aliphatic heterocycles. The minimum absolute atomic E-state index is 0.681. The van der Waals surface area contributed by atoms with Crippen LogP contribution >= 0.6 is 0 Å². The Kier molecular flexibility index (Phi) is 5.66. The second-order valence-corrected chi connectivity index (χ2v) is 4.05. The number of terminal acetylenes is 1. The van der Waals surface area contributed by atoms with E-state index in [-0.39, 0.29) is 0 Å². The average Bonchev–Trinajstić information content (AvgIpc) is 2.41. The lowest BCUT2D eigenvalue weighted by Gasteiger charge is -2.23. The third-order valence-electron chi connectivity index (χ3n) is 2.77. The van der Waals surface area contributed by atoms with Crippen molar-refractivity contribution in [3.05, 3.63) is 0 Å². The molecule has 0 aromatic rings. The van der Waals surface area contributed by atoms with Gasteiger partial charge in [0.2, 0.25) is 0 Å². The van der Waals surface area contributed by atoms with Gasteiger partial charge >= 0.3 is 0 Å². The predicted octanol–water partition coefficient (Wildman–Crippen LogP) is 1.47. The second-order valence-electron chi connectivity index (χ2n) is 4.05. The maximum atomic E-state index is 5.29. The number of hydrogen-bond donors (Lipinski definition) is 1. The summed E-state index contributed by atoms with van der Waals surface area (Å²) in [4.78, 5) is 2.50. The van der Waals surface area contributed by atoms with E-state index in [9.17, 15) is 0 Å². The molecule has 14 heavy (non-hydrogen) atoms. The molecule has 2 heteroatoms. The highest BCUT2D eigenvalue weighted by atomic mass is 15.2. The van der Waals surface area contributed by atoms with Crippen molar-refractivity contribution in [3.8, 4) is 12.3 Å². The summed E-state index contributed by atoms with van der Waals surface area (Å²) in [6, 6.07) is 0.681. The van der Waals surface area contributed by atoms with Gasteiger partial charge in [-0.05, 0) is 25.9 Å². The SMILES string of the molecule is C#CCCN1CCCNC(CCC)C1. The first-order valence-electron chi connectivity index (χ1n) is 5.76. The van der Waals surface area contributed by atoms with Crippen molar-refractivity contribution < 1.29 is 0 Å². The molecule has 0 aliphatic carbocycles. The van der Waals surface area contributed by atoms with Crippen LogP contribution < -0.4 is 5.32 Å². The summed E-state index contributed by atoms with van der Waals surface area (Å²) in [5, 5.41) is 3.60. The normalized spacial score (nSPS) is 24.1. The van der Waals surface area contributed by atoms with Gasteiger partial charge in [-0.15, -0.1) is 12.3 Å². The maximum absolute atomic E-state index is 5.29. The topological polar surface area (TPSA) is 15.3 Å². The van der Waals surface area contributed by atoms with Crippen molar-refractivity contribution in [1.82, 2.24) is 10.2 Å². The largest absolute Gasteiger partial charge is 0.313 e. The fourth-order valence-corrected chi connectivity index (χ4v) is 2.04. The Balaban J connectivity index is 2.31. The fraction of sp³-hybridized carbons (Fsp3) is 0.833. The average molecular weight is 194 g/mol. The van der Waals surface area contributed by atoms with E-state index < -0.39 is 0 Å². The Morgan fingerprint density at radius 2 is 2.43 bits per heavy atom. The Morgan fingerprint density at radius 1 is 1.57 bits per heavy atom. The molecule has 1 rings (SSSR count). The van der Waals surface area contributed by atoms with Gasteiger partial charge < -0.3 is 10.2 Å². The standard InChI is InChI=1S/C12H22N2/c1-3-5-9-14-10-6-8-13-12(11-14)7-4-2/h1,12-13H,4-11H2,2H3. The predicted molar refractivity (Wildman–Crippen MR) is 61.2 cm³/mol. The van der Waals surface area contributed by atoms with E-state index in [0.29, 0.717) is 6.04 Å². The van der Waals surface area contributed by atoms with Crippen LogP contribution in [0.4, 0.5) is 0 Å². The summed E-state index contributed by atoms with van der Waals surface area (Å²) in [5.74, 6) is 2.72. The molecule has 1 N–H and O–H groups in total. The van der Waals surface area contributed by atoms with E-state index in [1.54, 1.807) is 0 Å². The van der Waals surface area contributed by atoms with Crippen molar-refractivity contribution in [2.24, 2.45) is 0 Å². The van der Waals surface area contributed by atoms with Crippen LogP contribution in [0, 0.1) is 12.3 Å². The van der Waals surface area contributed by atoms with Crippen molar-refractivity contribution in [2.75, 3.05) is 26.2 Å². The van der Waals surface area contributed by atoms with E-state index in [4.69, 9.17) is 6.42 Å². The molecule has 0 bridgehead atoms. The zero-order valence-corrected chi connectivity index (χ0v) is 9.26. The molecular weight excluding hydrogens is 172 g/mol. The van der Waals surface area contributed by atoms with Gasteiger partial charge in [0, 0.05) is 25.6 Å². The summed E-state index contributed by atoms with van der Waals surface area (Å²) in [5.41, 5.74) is 0. The van der Waals surface area contributed by atoms with Crippen LogP contribution in [0.5, 0.6) is 0 Å². The summed E-state index contributed by atoms with van der Waals surface area (Å²) in [7, 11) is 0. The molecule has 1 aliphatic rings. The number of nitrogens with one attached hydrogen (secondary N) is 1. The molecule has 1 heterocycles. The Morgan fingerprint density at radius 3 is 3.14 bits per heavy atom. The molecule has 0 amide bonds. The van der Waals surface area contributed by atoms with Gasteiger partial charge in [-0.3, -0.25) is 0 Å². The van der Waals surface area contributed by atoms with Crippen LogP contribution in [-0.2, 0) is 0 Å². The Bertz CT molecular complexity index is 183. The van der Waals surface area contributed by atoms with E-state index in [1.807, 2.05) is 0 Å². The lowest BCUT2D eigenvalue weighted by molar-refractivity contribution is 0.268. The molecule has 0 saturated carbocycles. The van der Waals surface area contributed by atoms with Crippen LogP contribution in [0.3, 0.4) is 0 Å². The summed E-state index contributed by atoms with van der Waals surface area (Å²) in [6.07, 6.45) is 9.98. The third kappa shape index (κ3) is 4.13. The molecule has 0 aromatic heterocycles. The molecule has 0 spiro atoms. The summed E-state index contributed by atoms with van der Waals surface area (Å²) in [6.45, 7) is 6.86. The van der Waals surface area contributed by atoms with Gasteiger partial charge in [0.1, 0.15) is 0 Å². The zero-order valence-electron chi connectivity index (χ0n) is 9.26. The minimum atomic E-state index is 0.681. The summed E-state index contributed by atoms with van der Waals surface area (Å²) >= 11 is 0. The van der Waals surface area contributed by atoms with Crippen LogP contribution in [0.25, 0.3) is 0 Å². The minimum Gasteiger partial charge on any atom is -0.313 e. The molecule has 1 unspecified atom stereocenters. The van der Waals surface area contributed by atoms with Crippen molar-refractivity contribution in [2.45, 2.75) is 38.6 Å². The van der Waals surface area contributed by atoms with E-state index >= 15 is 0 Å². The molecule has 2 nitrogen and oxygen atoms in total. The molecular formula is C12H22N2. The van der Waals surface area contributed by atoms with Gasteiger partial charge in [0.15, 0.2) is 0 Å². The maximum Gasteiger partial charge on any atom is 0.0214 e. The van der Waals surface area contributed by atoms with Crippen LogP contribution in [0.2, 0.25) is 0 Å². The third-order valence-corrected chi connectivity index (χ3v) is 2.77. The van der Waals surface area contributed by atoms with Gasteiger partial charge in [0.25, 0.3) is 0 Å². The highest BCUT2D eigenvalue weighted by Crippen LogP contribution is 2.05. The molecule has 80 valence electrons. The van der Waals surface area contributed by atoms with Crippen LogP contribution in [-0.4, -0.2) is 37.1 Å². The highest BCUT2D eigenvalue weighted by Gasteiger charge is 2.15. The second kappa shape index (κ2) is 6.86. The first-order chi connectivity index (χ1) is 6.86. The van der Waals surface area contributed by atoms with Gasteiger partial charge in [-0.1, -0.05) is 13.3 Å². The van der Waals surface area contributed by atoms with Crippen molar-refractivity contribution >= 4 is 0 Å². The number of nitrogens with zero attached hydrogens (tertiary/aromatic N) is 1. The first kappa shape index (κ1) is 11.6. The Labute approximate surface area is 88.1 Å². The molecule has 0 aromatic carbocycles. The molecule has 1 saturated heterocycles. The molecule has 1 fully saturated rings. The van der Waals surface area contributed by atoms with Crippen LogP contribution in [0.1, 0.15) is 32.6 Å². The molecule has 0 radical (unpaired) electrons. The highest BCUT2D eigenvalue weighted by molar-refractivity contribution is 4.86. The van der Waals surface area contributed by atoms with Crippen molar-refractivity contribution in [3.63, 3.8) is 0 Å². The van der Waals surface area contributed by atoms with Gasteiger partial charge in [-0.2, -0.15) is 0 Å². The van der Waals surface area contributed by atoms with Crippen LogP contribution in [0.15, 0.2) is 0 Å². The molecule has 1 atom stereocenters. The monoisotopic (exact) mass is 194 g/mol. The van der Waals surface area contributed by atoms with E-state index in [0.717, 1.165) is 19.5 Å². The van der Waals surface area contributed by atoms with E-state index in [2.05, 4.69) is 23.1 Å². The smallest absolute Gasteiger partial charge is 0.0214 e. The lowest BCUT2D eigenvalue weighted by atomic mass is 10.1. The lowest BCUT2D eigenvalue weighted by Crippen LogP contribution is -2.37. The van der Waals surface area contributed by atoms with Gasteiger partial charge in [0.05, 0.1) is 0 Å². The quantitative estimate of drug-likeness (QED) is 0.682. The van der Waals surface area contributed by atoms with Crippen molar-refractivity contribution in [1.29, 1.82) is 0 Å². The Hall–Kier alpha value is -0.520.